The Hall–Kier alpha value is -2.66. The van der Waals surface area contributed by atoms with Crippen LogP contribution in [0.15, 0.2) is 59.7 Å². The van der Waals surface area contributed by atoms with Crippen molar-refractivity contribution >= 4 is 29.6 Å². The van der Waals surface area contributed by atoms with E-state index < -0.39 is 11.8 Å². The van der Waals surface area contributed by atoms with Gasteiger partial charge in [0, 0.05) is 17.1 Å². The zero-order chi connectivity index (χ0) is 16.5. The zero-order valence-electron chi connectivity index (χ0n) is 12.3. The molecule has 0 aromatic heterocycles. The largest absolute Gasteiger partial charge is 0.347 e. The van der Waals surface area contributed by atoms with Gasteiger partial charge in [-0.3, -0.25) is 9.59 Å². The lowest BCUT2D eigenvalue weighted by Crippen LogP contribution is -2.38. The fourth-order valence-electron chi connectivity index (χ4n) is 1.84. The molecule has 0 atom stereocenters. The van der Waals surface area contributed by atoms with Gasteiger partial charge in [0.25, 0.3) is 0 Å². The van der Waals surface area contributed by atoms with Crippen molar-refractivity contribution in [3.8, 4) is 0 Å². The maximum absolute atomic E-state index is 11.6. The number of hydrazone groups is 1. The summed E-state index contributed by atoms with van der Waals surface area (Å²) in [7, 11) is 0. The van der Waals surface area contributed by atoms with Gasteiger partial charge >= 0.3 is 11.8 Å². The van der Waals surface area contributed by atoms with Gasteiger partial charge in [0.15, 0.2) is 0 Å². The van der Waals surface area contributed by atoms with E-state index in [0.29, 0.717) is 23.6 Å². The van der Waals surface area contributed by atoms with Crippen LogP contribution in [0.1, 0.15) is 11.1 Å². The van der Waals surface area contributed by atoms with Crippen LogP contribution in [-0.2, 0) is 16.0 Å². The van der Waals surface area contributed by atoms with Gasteiger partial charge in [-0.2, -0.15) is 5.10 Å². The molecule has 23 heavy (non-hydrogen) atoms. The van der Waals surface area contributed by atoms with E-state index in [9.17, 15) is 9.59 Å². The molecule has 0 saturated carbocycles. The van der Waals surface area contributed by atoms with E-state index >= 15 is 0 Å². The standard InChI is InChI=1S/C17H16ClN3O2/c18-15-9-5-4-8-14(15)12-20-21-17(23)16(22)19-11-10-13-6-2-1-3-7-13/h1-9,12H,10-11H2,(H,19,22)(H,21,23)/b20-12+. The molecule has 118 valence electrons. The minimum absolute atomic E-state index is 0.379. The molecule has 0 aliphatic carbocycles. The molecule has 2 amide bonds. The highest BCUT2D eigenvalue weighted by Gasteiger charge is 2.11. The summed E-state index contributed by atoms with van der Waals surface area (Å²) in [4.78, 5) is 23.2. The minimum atomic E-state index is -0.818. The Morgan fingerprint density at radius 3 is 2.43 bits per heavy atom. The average Bonchev–Trinajstić information content (AvgIpc) is 2.57. The van der Waals surface area contributed by atoms with Crippen molar-refractivity contribution in [3.63, 3.8) is 0 Å². The molecule has 5 nitrogen and oxygen atoms in total. The predicted molar refractivity (Wildman–Crippen MR) is 90.3 cm³/mol. The number of amides is 2. The number of halogens is 1. The lowest BCUT2D eigenvalue weighted by atomic mass is 10.1. The first kappa shape index (κ1) is 16.7. The molecule has 0 bridgehead atoms. The van der Waals surface area contributed by atoms with Crippen LogP contribution >= 0.6 is 11.6 Å². The lowest BCUT2D eigenvalue weighted by molar-refractivity contribution is -0.139. The summed E-state index contributed by atoms with van der Waals surface area (Å²) < 4.78 is 0. The average molecular weight is 330 g/mol. The van der Waals surface area contributed by atoms with Crippen LogP contribution < -0.4 is 10.7 Å². The van der Waals surface area contributed by atoms with Gasteiger partial charge in [0.1, 0.15) is 0 Å². The van der Waals surface area contributed by atoms with E-state index in [1.807, 2.05) is 30.3 Å². The van der Waals surface area contributed by atoms with Crippen molar-refractivity contribution < 1.29 is 9.59 Å². The van der Waals surface area contributed by atoms with E-state index in [0.717, 1.165) is 5.56 Å². The molecular formula is C17H16ClN3O2. The molecule has 0 saturated heterocycles. The van der Waals surface area contributed by atoms with Gasteiger partial charge in [0.05, 0.1) is 6.21 Å². The molecule has 6 heteroatoms. The van der Waals surface area contributed by atoms with Crippen LogP contribution in [0.3, 0.4) is 0 Å². The van der Waals surface area contributed by atoms with Gasteiger partial charge in [-0.05, 0) is 18.1 Å². The number of rotatable bonds is 5. The Bertz CT molecular complexity index is 702. The van der Waals surface area contributed by atoms with Gasteiger partial charge in [-0.15, -0.1) is 0 Å². The molecule has 0 unspecified atom stereocenters. The highest BCUT2D eigenvalue weighted by atomic mass is 35.5. The van der Waals surface area contributed by atoms with E-state index in [4.69, 9.17) is 11.6 Å². The van der Waals surface area contributed by atoms with Gasteiger partial charge < -0.3 is 5.32 Å². The molecule has 0 spiro atoms. The van der Waals surface area contributed by atoms with Crippen LogP contribution in [-0.4, -0.2) is 24.6 Å². The fourth-order valence-corrected chi connectivity index (χ4v) is 2.02. The third kappa shape index (κ3) is 5.56. The Balaban J connectivity index is 1.75. The van der Waals surface area contributed by atoms with E-state index in [2.05, 4.69) is 15.8 Å². The summed E-state index contributed by atoms with van der Waals surface area (Å²) in [6, 6.07) is 16.7. The number of benzene rings is 2. The monoisotopic (exact) mass is 329 g/mol. The van der Waals surface area contributed by atoms with Crippen LogP contribution in [0, 0.1) is 0 Å². The second kappa shape index (κ2) is 8.70. The summed E-state index contributed by atoms with van der Waals surface area (Å²) in [6.07, 6.45) is 2.04. The number of hydrogen-bond acceptors (Lipinski definition) is 3. The van der Waals surface area contributed by atoms with Crippen LogP contribution in [0.4, 0.5) is 0 Å². The van der Waals surface area contributed by atoms with Crippen LogP contribution in [0.2, 0.25) is 5.02 Å². The fraction of sp³-hybridized carbons (Fsp3) is 0.118. The van der Waals surface area contributed by atoms with Gasteiger partial charge in [-0.1, -0.05) is 60.1 Å². The Morgan fingerprint density at radius 1 is 1.00 bits per heavy atom. The third-order valence-corrected chi connectivity index (χ3v) is 3.37. The second-order valence-electron chi connectivity index (χ2n) is 4.71. The van der Waals surface area contributed by atoms with E-state index in [-0.39, 0.29) is 0 Å². The predicted octanol–water partition coefficient (Wildman–Crippen LogP) is 2.15. The molecule has 0 aliphatic heterocycles. The topological polar surface area (TPSA) is 70.6 Å². The Labute approximate surface area is 139 Å². The Morgan fingerprint density at radius 2 is 1.70 bits per heavy atom. The number of nitrogens with zero attached hydrogens (tertiary/aromatic N) is 1. The van der Waals surface area contributed by atoms with Crippen molar-refractivity contribution in [1.82, 2.24) is 10.7 Å². The number of hydrogen-bond donors (Lipinski definition) is 2. The van der Waals surface area contributed by atoms with Crippen molar-refractivity contribution in [2.24, 2.45) is 5.10 Å². The van der Waals surface area contributed by atoms with E-state index in [1.54, 1.807) is 24.3 Å². The second-order valence-corrected chi connectivity index (χ2v) is 5.12. The molecule has 2 N–H and O–H groups in total. The van der Waals surface area contributed by atoms with Gasteiger partial charge in [-0.25, -0.2) is 5.43 Å². The first-order valence-corrected chi connectivity index (χ1v) is 7.44. The quantitative estimate of drug-likeness (QED) is 0.501. The highest BCUT2D eigenvalue weighted by molar-refractivity contribution is 6.35. The number of carbonyl (C=O) groups excluding carboxylic acids is 2. The van der Waals surface area contributed by atoms with Crippen molar-refractivity contribution in [2.45, 2.75) is 6.42 Å². The summed E-state index contributed by atoms with van der Waals surface area (Å²) in [5.74, 6) is -1.54. The molecule has 2 aromatic rings. The van der Waals surface area contributed by atoms with Crippen molar-refractivity contribution in [1.29, 1.82) is 0 Å². The maximum atomic E-state index is 11.6. The van der Waals surface area contributed by atoms with Crippen LogP contribution in [0.25, 0.3) is 0 Å². The van der Waals surface area contributed by atoms with E-state index in [1.165, 1.54) is 6.21 Å². The summed E-state index contributed by atoms with van der Waals surface area (Å²) >= 11 is 5.95. The molecule has 0 radical (unpaired) electrons. The molecule has 0 fully saturated rings. The summed E-state index contributed by atoms with van der Waals surface area (Å²) in [5.41, 5.74) is 3.91. The number of nitrogens with one attached hydrogen (secondary N) is 2. The minimum Gasteiger partial charge on any atom is -0.347 e. The molecule has 0 aliphatic rings. The molecule has 2 rings (SSSR count). The molecular weight excluding hydrogens is 314 g/mol. The number of carbonyl (C=O) groups is 2. The van der Waals surface area contributed by atoms with Crippen molar-refractivity contribution in [2.75, 3.05) is 6.54 Å². The first-order valence-electron chi connectivity index (χ1n) is 7.06. The SMILES string of the molecule is O=C(NCCc1ccccc1)C(=O)N/N=C/c1ccccc1Cl. The maximum Gasteiger partial charge on any atom is 0.329 e. The van der Waals surface area contributed by atoms with Crippen LogP contribution in [0.5, 0.6) is 0 Å². The normalized spacial score (nSPS) is 10.5. The smallest absolute Gasteiger partial charge is 0.329 e. The summed E-state index contributed by atoms with van der Waals surface area (Å²) in [5, 5.41) is 6.77. The Kier molecular flexibility index (Phi) is 6.32. The zero-order valence-corrected chi connectivity index (χ0v) is 13.1. The molecule has 0 heterocycles. The first-order chi connectivity index (χ1) is 11.2. The van der Waals surface area contributed by atoms with Crippen molar-refractivity contribution in [3.05, 3.63) is 70.7 Å². The highest BCUT2D eigenvalue weighted by Crippen LogP contribution is 2.11. The third-order valence-electron chi connectivity index (χ3n) is 3.02. The lowest BCUT2D eigenvalue weighted by Gasteiger charge is -2.04. The summed E-state index contributed by atoms with van der Waals surface area (Å²) in [6.45, 7) is 0.379. The molecule has 2 aromatic carbocycles. The van der Waals surface area contributed by atoms with Gasteiger partial charge in [0.2, 0.25) is 0 Å².